The predicted molar refractivity (Wildman–Crippen MR) is 74.8 cm³/mol. The summed E-state index contributed by atoms with van der Waals surface area (Å²) in [7, 11) is 3.72. The van der Waals surface area contributed by atoms with Crippen LogP contribution in [0, 0.1) is 11.6 Å². The second kappa shape index (κ2) is 6.58. The second-order valence-electron chi connectivity index (χ2n) is 5.09. The van der Waals surface area contributed by atoms with Crippen molar-refractivity contribution in [3.05, 3.63) is 53.4 Å². The maximum atomic E-state index is 13.1. The lowest BCUT2D eigenvalue weighted by Crippen LogP contribution is -2.21. The summed E-state index contributed by atoms with van der Waals surface area (Å²) >= 11 is 0. The molecule has 0 radical (unpaired) electrons. The molecule has 0 unspecified atom stereocenters. The van der Waals surface area contributed by atoms with E-state index < -0.39 is 11.6 Å². The average molecular weight is 293 g/mol. The fraction of sp³-hybridized carbons (Fsp3) is 0.333. The van der Waals surface area contributed by atoms with Gasteiger partial charge in [-0.15, -0.1) is 0 Å². The number of hydrogen-bond acceptors (Lipinski definition) is 3. The molecule has 2 aromatic rings. The van der Waals surface area contributed by atoms with Gasteiger partial charge in [-0.25, -0.2) is 8.78 Å². The molecule has 0 saturated carbocycles. The number of ketones is 1. The third-order valence-corrected chi connectivity index (χ3v) is 3.12. The van der Waals surface area contributed by atoms with E-state index in [4.69, 9.17) is 0 Å². The number of hydrogen-bond donors (Lipinski definition) is 0. The minimum Gasteiger partial charge on any atom is -0.302 e. The topological polar surface area (TPSA) is 38.1 Å². The molecule has 1 aromatic carbocycles. The monoisotopic (exact) mass is 293 g/mol. The van der Waals surface area contributed by atoms with Crippen LogP contribution in [0.1, 0.15) is 22.3 Å². The first kappa shape index (κ1) is 15.3. The Kier molecular flexibility index (Phi) is 4.80. The summed E-state index contributed by atoms with van der Waals surface area (Å²) in [6, 6.07) is 2.88. The van der Waals surface area contributed by atoms with Crippen LogP contribution in [0.4, 0.5) is 8.78 Å². The number of Topliss-reactive ketones (excluding diaryl/α,β-unsaturated/α-hetero) is 1. The van der Waals surface area contributed by atoms with E-state index in [0.29, 0.717) is 13.1 Å². The minimum absolute atomic E-state index is 0.0716. The minimum atomic E-state index is -0.734. The Balaban J connectivity index is 1.88. The highest BCUT2D eigenvalue weighted by molar-refractivity contribution is 5.96. The van der Waals surface area contributed by atoms with Gasteiger partial charge in [0.15, 0.2) is 5.78 Å². The van der Waals surface area contributed by atoms with Crippen molar-refractivity contribution in [2.75, 3.05) is 13.6 Å². The molecule has 0 aliphatic heterocycles. The molecule has 21 heavy (non-hydrogen) atoms. The molecule has 1 heterocycles. The summed E-state index contributed by atoms with van der Waals surface area (Å²) < 4.78 is 27.8. The third-order valence-electron chi connectivity index (χ3n) is 3.12. The summed E-state index contributed by atoms with van der Waals surface area (Å²) in [5, 5.41) is 4.07. The zero-order valence-electron chi connectivity index (χ0n) is 12.0. The van der Waals surface area contributed by atoms with Gasteiger partial charge in [-0.3, -0.25) is 9.48 Å². The molecule has 0 saturated heterocycles. The Labute approximate surface area is 122 Å². The van der Waals surface area contributed by atoms with Crippen LogP contribution >= 0.6 is 0 Å². The van der Waals surface area contributed by atoms with E-state index in [1.165, 1.54) is 0 Å². The molecule has 112 valence electrons. The van der Waals surface area contributed by atoms with E-state index in [1.54, 1.807) is 10.9 Å². The Bertz CT molecular complexity index is 619. The van der Waals surface area contributed by atoms with Gasteiger partial charge in [0.05, 0.1) is 6.20 Å². The standard InChI is InChI=1S/C15H17F2N3O/c1-19(9-11-8-18-20(2)10-11)4-3-15(21)12-5-13(16)7-14(17)6-12/h5-8,10H,3-4,9H2,1-2H3. The van der Waals surface area contributed by atoms with Crippen molar-refractivity contribution in [3.63, 3.8) is 0 Å². The number of nitrogens with zero attached hydrogens (tertiary/aromatic N) is 3. The van der Waals surface area contributed by atoms with Gasteiger partial charge in [-0.1, -0.05) is 0 Å². The first-order chi connectivity index (χ1) is 9.94. The fourth-order valence-electron chi connectivity index (χ4n) is 2.10. The van der Waals surface area contributed by atoms with Gasteiger partial charge in [0.1, 0.15) is 11.6 Å². The van der Waals surface area contributed by atoms with Crippen LogP contribution in [0.2, 0.25) is 0 Å². The zero-order chi connectivity index (χ0) is 15.4. The Morgan fingerprint density at radius 3 is 2.52 bits per heavy atom. The number of halogens is 2. The predicted octanol–water partition coefficient (Wildman–Crippen LogP) is 2.40. The molecule has 2 rings (SSSR count). The summed E-state index contributed by atoms with van der Waals surface area (Å²) in [6.07, 6.45) is 3.88. The van der Waals surface area contributed by atoms with Crippen molar-refractivity contribution in [2.24, 2.45) is 7.05 Å². The SMILES string of the molecule is CN(CCC(=O)c1cc(F)cc(F)c1)Cc1cnn(C)c1. The smallest absolute Gasteiger partial charge is 0.164 e. The highest BCUT2D eigenvalue weighted by Gasteiger charge is 2.11. The van der Waals surface area contributed by atoms with Crippen LogP contribution in [0.5, 0.6) is 0 Å². The van der Waals surface area contributed by atoms with Gasteiger partial charge >= 0.3 is 0 Å². The molecule has 0 amide bonds. The molecular weight excluding hydrogens is 276 g/mol. The lowest BCUT2D eigenvalue weighted by atomic mass is 10.1. The van der Waals surface area contributed by atoms with Crippen molar-refractivity contribution in [2.45, 2.75) is 13.0 Å². The largest absolute Gasteiger partial charge is 0.302 e. The molecule has 0 bridgehead atoms. The molecule has 0 atom stereocenters. The van der Waals surface area contributed by atoms with E-state index in [2.05, 4.69) is 5.10 Å². The number of rotatable bonds is 6. The third kappa shape index (κ3) is 4.46. The van der Waals surface area contributed by atoms with Gasteiger partial charge in [0.2, 0.25) is 0 Å². The molecule has 4 nitrogen and oxygen atoms in total. The van der Waals surface area contributed by atoms with Crippen molar-refractivity contribution in [1.29, 1.82) is 0 Å². The van der Waals surface area contributed by atoms with E-state index in [1.807, 2.05) is 25.2 Å². The molecule has 0 spiro atoms. The van der Waals surface area contributed by atoms with Crippen molar-refractivity contribution >= 4 is 5.78 Å². The van der Waals surface area contributed by atoms with E-state index in [0.717, 1.165) is 23.8 Å². The number of benzene rings is 1. The quantitative estimate of drug-likeness (QED) is 0.768. The maximum absolute atomic E-state index is 13.1. The summed E-state index contributed by atoms with van der Waals surface area (Å²) in [5.74, 6) is -1.74. The molecule has 0 N–H and O–H groups in total. The van der Waals surface area contributed by atoms with Crippen molar-refractivity contribution in [1.82, 2.24) is 14.7 Å². The average Bonchev–Trinajstić information content (AvgIpc) is 2.80. The van der Waals surface area contributed by atoms with Crippen molar-refractivity contribution < 1.29 is 13.6 Å². The van der Waals surface area contributed by atoms with Crippen LogP contribution in [0.25, 0.3) is 0 Å². The molecule has 6 heteroatoms. The first-order valence-corrected chi connectivity index (χ1v) is 6.59. The Morgan fingerprint density at radius 2 is 1.95 bits per heavy atom. The molecule has 1 aromatic heterocycles. The van der Waals surface area contributed by atoms with Crippen LogP contribution in [0.15, 0.2) is 30.6 Å². The zero-order valence-corrected chi connectivity index (χ0v) is 12.0. The van der Waals surface area contributed by atoms with E-state index in [-0.39, 0.29) is 17.8 Å². The van der Waals surface area contributed by atoms with Crippen LogP contribution in [-0.4, -0.2) is 34.1 Å². The maximum Gasteiger partial charge on any atom is 0.164 e. The van der Waals surface area contributed by atoms with Gasteiger partial charge in [-0.2, -0.15) is 5.10 Å². The molecule has 0 fully saturated rings. The number of carbonyl (C=O) groups excluding carboxylic acids is 1. The summed E-state index contributed by atoms with van der Waals surface area (Å²) in [5.41, 5.74) is 1.12. The van der Waals surface area contributed by atoms with Crippen LogP contribution in [-0.2, 0) is 13.6 Å². The second-order valence-corrected chi connectivity index (χ2v) is 5.09. The fourth-order valence-corrected chi connectivity index (χ4v) is 2.10. The van der Waals surface area contributed by atoms with Gasteiger partial charge in [-0.05, 0) is 19.2 Å². The molecule has 0 aliphatic rings. The van der Waals surface area contributed by atoms with E-state index in [9.17, 15) is 13.6 Å². The Hall–Kier alpha value is -2.08. The number of carbonyl (C=O) groups is 1. The highest BCUT2D eigenvalue weighted by atomic mass is 19.1. The summed E-state index contributed by atoms with van der Waals surface area (Å²) in [6.45, 7) is 1.17. The van der Waals surface area contributed by atoms with Crippen molar-refractivity contribution in [3.8, 4) is 0 Å². The summed E-state index contributed by atoms with van der Waals surface area (Å²) in [4.78, 5) is 13.9. The lowest BCUT2D eigenvalue weighted by molar-refractivity contribution is 0.0967. The highest BCUT2D eigenvalue weighted by Crippen LogP contribution is 2.11. The van der Waals surface area contributed by atoms with E-state index >= 15 is 0 Å². The van der Waals surface area contributed by atoms with Crippen LogP contribution < -0.4 is 0 Å². The molecular formula is C15H17F2N3O. The molecule has 0 aliphatic carbocycles. The van der Waals surface area contributed by atoms with Gasteiger partial charge in [0.25, 0.3) is 0 Å². The van der Waals surface area contributed by atoms with Gasteiger partial charge < -0.3 is 4.90 Å². The lowest BCUT2D eigenvalue weighted by Gasteiger charge is -2.14. The first-order valence-electron chi connectivity index (χ1n) is 6.59. The number of aromatic nitrogens is 2. The number of aryl methyl sites for hydroxylation is 1. The van der Waals surface area contributed by atoms with Crippen LogP contribution in [0.3, 0.4) is 0 Å². The normalized spacial score (nSPS) is 11.1. The Morgan fingerprint density at radius 1 is 1.29 bits per heavy atom. The van der Waals surface area contributed by atoms with Gasteiger partial charge in [0, 0.05) is 49.9 Å².